The lowest BCUT2D eigenvalue weighted by atomic mass is 10.1. The Bertz CT molecular complexity index is 535. The molecule has 2 rings (SSSR count). The third-order valence-corrected chi connectivity index (χ3v) is 3.77. The zero-order valence-corrected chi connectivity index (χ0v) is 11.9. The van der Waals surface area contributed by atoms with Crippen molar-refractivity contribution >= 4 is 39.2 Å². The molecule has 0 spiro atoms. The highest BCUT2D eigenvalue weighted by molar-refractivity contribution is 14.1. The molecule has 3 heteroatoms. The first-order valence-corrected chi connectivity index (χ1v) is 6.52. The number of benzene rings is 1. The molecule has 16 heavy (non-hydrogen) atoms. The minimum Gasteiger partial charge on any atom is -0.387 e. The van der Waals surface area contributed by atoms with Crippen molar-refractivity contribution in [3.63, 3.8) is 0 Å². The fourth-order valence-corrected chi connectivity index (χ4v) is 2.68. The summed E-state index contributed by atoms with van der Waals surface area (Å²) >= 11 is 2.35. The average Bonchev–Trinajstić information content (AvgIpc) is 2.29. The molecule has 0 saturated heterocycles. The first-order chi connectivity index (χ1) is 7.69. The summed E-state index contributed by atoms with van der Waals surface area (Å²) in [4.78, 5) is 4.75. The fraction of sp³-hybridized carbons (Fsp3) is 0.308. The van der Waals surface area contributed by atoms with E-state index in [1.54, 1.807) is 0 Å². The number of aromatic nitrogens is 1. The van der Waals surface area contributed by atoms with Crippen LogP contribution < -0.4 is 5.32 Å². The average molecular weight is 326 g/mol. The second-order valence-corrected chi connectivity index (χ2v) is 4.96. The van der Waals surface area contributed by atoms with E-state index in [1.807, 2.05) is 7.05 Å². The minimum atomic E-state index is 0.974. The Morgan fingerprint density at radius 2 is 2.12 bits per heavy atom. The molecule has 0 unspecified atom stereocenters. The van der Waals surface area contributed by atoms with Gasteiger partial charge >= 0.3 is 0 Å². The molecule has 1 N–H and O–H groups in total. The Kier molecular flexibility index (Phi) is 3.33. The summed E-state index contributed by atoms with van der Waals surface area (Å²) in [5.74, 6) is 0. The van der Waals surface area contributed by atoms with E-state index in [0.717, 1.165) is 11.9 Å². The number of hydrogen-bond acceptors (Lipinski definition) is 2. The number of para-hydroxylation sites is 1. The second-order valence-electron chi connectivity index (χ2n) is 3.80. The summed E-state index contributed by atoms with van der Waals surface area (Å²) in [6, 6.07) is 6.31. The van der Waals surface area contributed by atoms with Gasteiger partial charge in [0, 0.05) is 27.4 Å². The normalized spacial score (nSPS) is 10.8. The third kappa shape index (κ3) is 1.77. The molecule has 0 bridgehead atoms. The molecule has 0 fully saturated rings. The summed E-state index contributed by atoms with van der Waals surface area (Å²) in [6.07, 6.45) is 0.974. The molecule has 2 nitrogen and oxygen atoms in total. The van der Waals surface area contributed by atoms with Crippen LogP contribution in [0.4, 0.5) is 5.69 Å². The van der Waals surface area contributed by atoms with E-state index in [9.17, 15) is 0 Å². The van der Waals surface area contributed by atoms with Gasteiger partial charge in [-0.1, -0.05) is 19.1 Å². The van der Waals surface area contributed by atoms with Gasteiger partial charge in [0.2, 0.25) is 0 Å². The molecule has 1 aromatic heterocycles. The zero-order chi connectivity index (χ0) is 11.7. The van der Waals surface area contributed by atoms with Crippen LogP contribution in [0.25, 0.3) is 10.9 Å². The number of nitrogens with one attached hydrogen (secondary N) is 1. The molecule has 84 valence electrons. The monoisotopic (exact) mass is 326 g/mol. The van der Waals surface area contributed by atoms with Gasteiger partial charge in [0.1, 0.15) is 0 Å². The van der Waals surface area contributed by atoms with Crippen molar-refractivity contribution in [3.8, 4) is 0 Å². The van der Waals surface area contributed by atoms with Crippen molar-refractivity contribution in [1.29, 1.82) is 0 Å². The van der Waals surface area contributed by atoms with E-state index in [4.69, 9.17) is 4.98 Å². The number of hydrogen-bond donors (Lipinski definition) is 1. The molecular weight excluding hydrogens is 311 g/mol. The Morgan fingerprint density at radius 1 is 1.38 bits per heavy atom. The van der Waals surface area contributed by atoms with Crippen molar-refractivity contribution in [2.24, 2.45) is 0 Å². The van der Waals surface area contributed by atoms with Crippen molar-refractivity contribution in [1.82, 2.24) is 4.98 Å². The quantitative estimate of drug-likeness (QED) is 0.850. The van der Waals surface area contributed by atoms with Gasteiger partial charge in [-0.3, -0.25) is 4.98 Å². The molecule has 1 aromatic carbocycles. The highest BCUT2D eigenvalue weighted by Crippen LogP contribution is 2.30. The van der Waals surface area contributed by atoms with Gasteiger partial charge in [0.15, 0.2) is 0 Å². The molecule has 0 aliphatic rings. The van der Waals surface area contributed by atoms with Crippen LogP contribution in [0, 0.1) is 10.5 Å². The van der Waals surface area contributed by atoms with E-state index in [2.05, 4.69) is 60.0 Å². The van der Waals surface area contributed by atoms with E-state index >= 15 is 0 Å². The van der Waals surface area contributed by atoms with Gasteiger partial charge in [-0.15, -0.1) is 0 Å². The van der Waals surface area contributed by atoms with Gasteiger partial charge in [0.25, 0.3) is 0 Å². The maximum atomic E-state index is 4.75. The first kappa shape index (κ1) is 11.6. The number of nitrogens with zero attached hydrogens (tertiary/aromatic N) is 1. The molecular formula is C13H15IN2. The number of rotatable bonds is 2. The Morgan fingerprint density at radius 3 is 2.75 bits per heavy atom. The van der Waals surface area contributed by atoms with Crippen LogP contribution in [0.1, 0.15) is 18.2 Å². The lowest BCUT2D eigenvalue weighted by Crippen LogP contribution is -2.01. The zero-order valence-electron chi connectivity index (χ0n) is 9.76. The molecule has 0 aliphatic carbocycles. The lowest BCUT2D eigenvalue weighted by Gasteiger charge is -2.13. The topological polar surface area (TPSA) is 24.9 Å². The van der Waals surface area contributed by atoms with Crippen molar-refractivity contribution in [3.05, 3.63) is 33.0 Å². The van der Waals surface area contributed by atoms with Crippen LogP contribution in [-0.4, -0.2) is 12.0 Å². The molecule has 0 amide bonds. The molecule has 0 atom stereocenters. The maximum Gasteiger partial charge on any atom is 0.0859 e. The van der Waals surface area contributed by atoms with Crippen LogP contribution in [0.2, 0.25) is 0 Å². The van der Waals surface area contributed by atoms with Gasteiger partial charge < -0.3 is 5.32 Å². The SMILES string of the molecule is CCc1nc2c(I)cccc2c(NC)c1C. The second kappa shape index (κ2) is 4.57. The molecule has 2 aromatic rings. The van der Waals surface area contributed by atoms with E-state index in [1.165, 1.54) is 25.9 Å². The van der Waals surface area contributed by atoms with E-state index in [-0.39, 0.29) is 0 Å². The largest absolute Gasteiger partial charge is 0.387 e. The third-order valence-electron chi connectivity index (χ3n) is 2.90. The Hall–Kier alpha value is -0.840. The van der Waals surface area contributed by atoms with Gasteiger partial charge in [0.05, 0.1) is 5.52 Å². The number of anilines is 1. The maximum absolute atomic E-state index is 4.75. The fourth-order valence-electron chi connectivity index (χ4n) is 2.06. The summed E-state index contributed by atoms with van der Waals surface area (Å²) in [5.41, 5.74) is 4.76. The number of pyridine rings is 1. The predicted molar refractivity (Wildman–Crippen MR) is 78.1 cm³/mol. The van der Waals surface area contributed by atoms with Crippen molar-refractivity contribution in [2.75, 3.05) is 12.4 Å². The van der Waals surface area contributed by atoms with Crippen LogP contribution >= 0.6 is 22.6 Å². The summed E-state index contributed by atoms with van der Waals surface area (Å²) in [6.45, 7) is 4.29. The molecule has 0 aliphatic heterocycles. The number of halogens is 1. The number of aryl methyl sites for hydroxylation is 1. The van der Waals surface area contributed by atoms with Crippen molar-refractivity contribution < 1.29 is 0 Å². The van der Waals surface area contributed by atoms with E-state index < -0.39 is 0 Å². The van der Waals surface area contributed by atoms with E-state index in [0.29, 0.717) is 0 Å². The summed E-state index contributed by atoms with van der Waals surface area (Å²) < 4.78 is 1.21. The van der Waals surface area contributed by atoms with Gasteiger partial charge in [-0.05, 0) is 47.6 Å². The van der Waals surface area contributed by atoms with Crippen LogP contribution in [0.5, 0.6) is 0 Å². The number of fused-ring (bicyclic) bond motifs is 1. The lowest BCUT2D eigenvalue weighted by molar-refractivity contribution is 1.03. The van der Waals surface area contributed by atoms with Crippen molar-refractivity contribution in [2.45, 2.75) is 20.3 Å². The smallest absolute Gasteiger partial charge is 0.0859 e. The highest BCUT2D eigenvalue weighted by Gasteiger charge is 2.10. The Balaban J connectivity index is 2.89. The van der Waals surface area contributed by atoms with Gasteiger partial charge in [-0.2, -0.15) is 0 Å². The van der Waals surface area contributed by atoms with Crippen LogP contribution in [0.15, 0.2) is 18.2 Å². The summed E-state index contributed by atoms with van der Waals surface area (Å²) in [7, 11) is 1.97. The predicted octanol–water partition coefficient (Wildman–Crippen LogP) is 3.75. The minimum absolute atomic E-state index is 0.974. The Labute approximate surface area is 110 Å². The molecule has 0 saturated carbocycles. The summed E-state index contributed by atoms with van der Waals surface area (Å²) in [5, 5.41) is 4.51. The standard InChI is InChI=1S/C13H15IN2/c1-4-11-8(2)12(15-3)9-6-5-7-10(14)13(9)16-11/h5-7H,4H2,1-3H3,(H,15,16). The molecule has 0 radical (unpaired) electrons. The van der Waals surface area contributed by atoms with Crippen LogP contribution in [-0.2, 0) is 6.42 Å². The first-order valence-electron chi connectivity index (χ1n) is 5.44. The molecule has 1 heterocycles. The highest BCUT2D eigenvalue weighted by atomic mass is 127. The van der Waals surface area contributed by atoms with Crippen LogP contribution in [0.3, 0.4) is 0 Å². The van der Waals surface area contributed by atoms with Gasteiger partial charge in [-0.25, -0.2) is 0 Å².